The number of methoxy groups -OCH3 is 1. The van der Waals surface area contributed by atoms with Crippen LogP contribution in [0.3, 0.4) is 0 Å². The van der Waals surface area contributed by atoms with Crippen LogP contribution in [-0.2, 0) is 19.1 Å². The quantitative estimate of drug-likeness (QED) is 0.811. The largest absolute Gasteiger partial charge is 0.380 e. The molecule has 1 unspecified atom stereocenters. The molecule has 1 heterocycles. The number of rotatable bonds is 5. The lowest BCUT2D eigenvalue weighted by atomic mass is 9.88. The highest BCUT2D eigenvalue weighted by Gasteiger charge is 2.26. The van der Waals surface area contributed by atoms with E-state index in [4.69, 9.17) is 9.47 Å². The van der Waals surface area contributed by atoms with Gasteiger partial charge in [0.15, 0.2) is 0 Å². The Bertz CT molecular complexity index is 558. The van der Waals surface area contributed by atoms with Crippen molar-refractivity contribution >= 4 is 17.5 Å². The summed E-state index contributed by atoms with van der Waals surface area (Å²) < 4.78 is 10.1. The van der Waals surface area contributed by atoms with Crippen LogP contribution in [0.2, 0.25) is 0 Å². The maximum absolute atomic E-state index is 11.6. The van der Waals surface area contributed by atoms with Crippen molar-refractivity contribution < 1.29 is 19.1 Å². The van der Waals surface area contributed by atoms with Crippen molar-refractivity contribution in [3.63, 3.8) is 0 Å². The normalized spacial score (nSPS) is 22.5. The van der Waals surface area contributed by atoms with E-state index in [-0.39, 0.29) is 24.3 Å². The van der Waals surface area contributed by atoms with Gasteiger partial charge in [0.05, 0.1) is 12.3 Å². The molecule has 1 N–H and O–H groups in total. The number of nitrogens with one attached hydrogen (secondary N) is 1. The van der Waals surface area contributed by atoms with Gasteiger partial charge in [0.1, 0.15) is 6.61 Å². The summed E-state index contributed by atoms with van der Waals surface area (Å²) in [5, 5.41) is 2.77. The molecule has 0 spiro atoms. The van der Waals surface area contributed by atoms with E-state index in [1.165, 1.54) is 6.08 Å². The summed E-state index contributed by atoms with van der Waals surface area (Å²) in [5.41, 5.74) is 2.09. The Morgan fingerprint density at radius 3 is 2.95 bits per heavy atom. The van der Waals surface area contributed by atoms with Crippen molar-refractivity contribution in [2.45, 2.75) is 6.92 Å². The van der Waals surface area contributed by atoms with E-state index in [0.29, 0.717) is 24.6 Å². The molecule has 1 aliphatic heterocycles. The average Bonchev–Trinajstić information content (AvgIpc) is 2.45. The van der Waals surface area contributed by atoms with Crippen LogP contribution >= 0.6 is 0 Å². The standard InChI is InChI=1S/C15H18N2O4/c1-3-21-9-15(19)16-11-4-5-12-10(8-20-2)6-14(18)17-13(12)7-11/h4-7,12H,3,8-9H2,1-2H3,(H,17,18). The lowest BCUT2D eigenvalue weighted by molar-refractivity contribution is -0.122. The van der Waals surface area contributed by atoms with Gasteiger partial charge in [0, 0.05) is 31.4 Å². The number of carbonyl (C=O) groups is 2. The van der Waals surface area contributed by atoms with Crippen LogP contribution < -0.4 is 5.32 Å². The zero-order valence-corrected chi connectivity index (χ0v) is 12.1. The molecule has 0 saturated carbocycles. The highest BCUT2D eigenvalue weighted by molar-refractivity contribution is 6.11. The molecule has 0 radical (unpaired) electrons. The number of carbonyl (C=O) groups excluding carboxylic acids is 2. The monoisotopic (exact) mass is 290 g/mol. The Kier molecular flexibility index (Phi) is 5.19. The second-order valence-electron chi connectivity index (χ2n) is 4.65. The first-order valence-corrected chi connectivity index (χ1v) is 6.73. The van der Waals surface area contributed by atoms with Gasteiger partial charge in [-0.3, -0.25) is 9.59 Å². The van der Waals surface area contributed by atoms with Crippen molar-refractivity contribution in [1.82, 2.24) is 5.32 Å². The Morgan fingerprint density at radius 1 is 1.43 bits per heavy atom. The Hall–Kier alpha value is -2.05. The second-order valence-corrected chi connectivity index (χ2v) is 4.65. The van der Waals surface area contributed by atoms with Crippen LogP contribution in [-0.4, -0.2) is 44.5 Å². The maximum atomic E-state index is 11.6. The van der Waals surface area contributed by atoms with Crippen LogP contribution in [0, 0.1) is 5.92 Å². The van der Waals surface area contributed by atoms with Crippen molar-refractivity contribution in [3.8, 4) is 0 Å². The SMILES string of the molecule is CCOCC(=O)N=C1C=CC2C(COC)=CC(=O)NC2=C1. The number of ether oxygens (including phenoxy) is 2. The zero-order chi connectivity index (χ0) is 15.2. The molecule has 1 atom stereocenters. The minimum Gasteiger partial charge on any atom is -0.380 e. The lowest BCUT2D eigenvalue weighted by Crippen LogP contribution is -2.34. The third kappa shape index (κ3) is 3.96. The Labute approximate surface area is 123 Å². The predicted molar refractivity (Wildman–Crippen MR) is 77.7 cm³/mol. The number of aliphatic imine (C=N–C) groups is 1. The van der Waals surface area contributed by atoms with Crippen LogP contribution in [0.5, 0.6) is 0 Å². The highest BCUT2D eigenvalue weighted by Crippen LogP contribution is 2.27. The molecule has 2 amide bonds. The summed E-state index contributed by atoms with van der Waals surface area (Å²) in [7, 11) is 1.59. The Morgan fingerprint density at radius 2 is 2.24 bits per heavy atom. The van der Waals surface area contributed by atoms with Gasteiger partial charge in [-0.05, 0) is 24.6 Å². The van der Waals surface area contributed by atoms with E-state index in [1.54, 1.807) is 19.3 Å². The molecule has 2 aliphatic rings. The van der Waals surface area contributed by atoms with E-state index in [0.717, 1.165) is 5.57 Å². The average molecular weight is 290 g/mol. The summed E-state index contributed by atoms with van der Waals surface area (Å²) in [4.78, 5) is 27.2. The fourth-order valence-corrected chi connectivity index (χ4v) is 2.20. The fraction of sp³-hybridized carbons (Fsp3) is 0.400. The first kappa shape index (κ1) is 15.3. The van der Waals surface area contributed by atoms with E-state index in [1.807, 2.05) is 13.0 Å². The molecule has 112 valence electrons. The number of fused-ring (bicyclic) bond motifs is 1. The van der Waals surface area contributed by atoms with Gasteiger partial charge in [0.25, 0.3) is 5.91 Å². The molecule has 6 nitrogen and oxygen atoms in total. The van der Waals surface area contributed by atoms with Gasteiger partial charge < -0.3 is 14.8 Å². The molecule has 0 aromatic rings. The van der Waals surface area contributed by atoms with E-state index in [9.17, 15) is 9.59 Å². The minimum atomic E-state index is -0.346. The zero-order valence-electron chi connectivity index (χ0n) is 12.1. The number of nitrogens with zero attached hydrogens (tertiary/aromatic N) is 1. The first-order valence-electron chi connectivity index (χ1n) is 6.73. The topological polar surface area (TPSA) is 77.0 Å². The van der Waals surface area contributed by atoms with E-state index >= 15 is 0 Å². The van der Waals surface area contributed by atoms with Crippen molar-refractivity contribution in [2.24, 2.45) is 10.9 Å². The smallest absolute Gasteiger partial charge is 0.272 e. The summed E-state index contributed by atoms with van der Waals surface area (Å²) in [5.74, 6) is -0.579. The van der Waals surface area contributed by atoms with Crippen LogP contribution in [0.4, 0.5) is 0 Å². The van der Waals surface area contributed by atoms with Gasteiger partial charge in [-0.25, -0.2) is 4.99 Å². The Balaban J connectivity index is 2.15. The number of hydrogen-bond donors (Lipinski definition) is 1. The van der Waals surface area contributed by atoms with E-state index < -0.39 is 0 Å². The molecular formula is C15H18N2O4. The molecule has 0 aromatic heterocycles. The summed E-state index contributed by atoms with van der Waals surface area (Å²) >= 11 is 0. The molecule has 21 heavy (non-hydrogen) atoms. The number of amides is 2. The molecule has 2 rings (SSSR count). The summed E-state index contributed by atoms with van der Waals surface area (Å²) in [6, 6.07) is 0. The molecular weight excluding hydrogens is 272 g/mol. The summed E-state index contributed by atoms with van der Waals surface area (Å²) in [6.07, 6.45) is 6.90. The number of allylic oxidation sites excluding steroid dienone is 3. The van der Waals surface area contributed by atoms with Gasteiger partial charge in [-0.1, -0.05) is 6.08 Å². The van der Waals surface area contributed by atoms with Crippen molar-refractivity contribution in [1.29, 1.82) is 0 Å². The third-order valence-corrected chi connectivity index (χ3v) is 3.08. The fourth-order valence-electron chi connectivity index (χ4n) is 2.20. The maximum Gasteiger partial charge on any atom is 0.272 e. The van der Waals surface area contributed by atoms with Crippen LogP contribution in [0.1, 0.15) is 6.92 Å². The van der Waals surface area contributed by atoms with Gasteiger partial charge in [0.2, 0.25) is 5.91 Å². The van der Waals surface area contributed by atoms with Crippen LogP contribution in [0.25, 0.3) is 0 Å². The first-order chi connectivity index (χ1) is 10.1. The van der Waals surface area contributed by atoms with Gasteiger partial charge in [-0.2, -0.15) is 0 Å². The summed E-state index contributed by atoms with van der Waals surface area (Å²) in [6.45, 7) is 2.63. The van der Waals surface area contributed by atoms with Gasteiger partial charge in [-0.15, -0.1) is 0 Å². The highest BCUT2D eigenvalue weighted by atomic mass is 16.5. The van der Waals surface area contributed by atoms with E-state index in [2.05, 4.69) is 10.3 Å². The second kappa shape index (κ2) is 7.10. The minimum absolute atomic E-state index is 0.0383. The van der Waals surface area contributed by atoms with Crippen LogP contribution in [0.15, 0.2) is 40.6 Å². The molecule has 0 fully saturated rings. The molecule has 0 saturated heterocycles. The molecule has 0 bridgehead atoms. The number of hydrogen-bond acceptors (Lipinski definition) is 4. The molecule has 0 aromatic carbocycles. The van der Waals surface area contributed by atoms with Gasteiger partial charge >= 0.3 is 0 Å². The van der Waals surface area contributed by atoms with Crippen molar-refractivity contribution in [3.05, 3.63) is 35.6 Å². The third-order valence-electron chi connectivity index (χ3n) is 3.08. The predicted octanol–water partition coefficient (Wildman–Crippen LogP) is 0.763. The van der Waals surface area contributed by atoms with Crippen molar-refractivity contribution in [2.75, 3.05) is 26.9 Å². The molecule has 1 aliphatic carbocycles. The molecule has 6 heteroatoms. The lowest BCUT2D eigenvalue weighted by Gasteiger charge is -2.27.